The number of ketones is 1. The molecule has 0 radical (unpaired) electrons. The standard InChI is InChI=1S/C13H11F3N2O3/c1-7-3-4-8(9(5-7)20-2)12-17-11(21-18-12)6-10(19)13(14,15)16/h3-5H,6H2,1-2H3. The van der Waals surface area contributed by atoms with E-state index in [-0.39, 0.29) is 5.82 Å². The van der Waals surface area contributed by atoms with Crippen molar-refractivity contribution in [2.75, 3.05) is 7.11 Å². The zero-order valence-corrected chi connectivity index (χ0v) is 11.2. The van der Waals surface area contributed by atoms with Gasteiger partial charge in [-0.25, -0.2) is 0 Å². The van der Waals surface area contributed by atoms with E-state index < -0.39 is 24.3 Å². The summed E-state index contributed by atoms with van der Waals surface area (Å²) in [6.45, 7) is 1.86. The van der Waals surface area contributed by atoms with E-state index in [0.717, 1.165) is 5.56 Å². The SMILES string of the molecule is COc1cc(C)ccc1-c1noc(CC(=O)C(F)(F)F)n1. The second-order valence-corrected chi connectivity index (χ2v) is 4.31. The molecule has 0 amide bonds. The molecular weight excluding hydrogens is 289 g/mol. The molecule has 0 aliphatic rings. The largest absolute Gasteiger partial charge is 0.496 e. The van der Waals surface area contributed by atoms with Crippen molar-refractivity contribution in [3.63, 3.8) is 0 Å². The van der Waals surface area contributed by atoms with Crippen molar-refractivity contribution in [1.82, 2.24) is 10.1 Å². The number of carbonyl (C=O) groups excluding carboxylic acids is 1. The smallest absolute Gasteiger partial charge is 0.450 e. The Bertz CT molecular complexity index is 665. The van der Waals surface area contributed by atoms with E-state index in [1.807, 2.05) is 6.92 Å². The lowest BCUT2D eigenvalue weighted by atomic mass is 10.1. The van der Waals surface area contributed by atoms with Crippen LogP contribution in [0, 0.1) is 6.92 Å². The molecular formula is C13H11F3N2O3. The number of methoxy groups -OCH3 is 1. The lowest BCUT2D eigenvalue weighted by molar-refractivity contribution is -0.170. The summed E-state index contributed by atoms with van der Waals surface area (Å²) in [4.78, 5) is 14.7. The Balaban J connectivity index is 2.26. The number of nitrogens with zero attached hydrogens (tertiary/aromatic N) is 2. The molecule has 1 heterocycles. The van der Waals surface area contributed by atoms with Crippen molar-refractivity contribution >= 4 is 5.78 Å². The van der Waals surface area contributed by atoms with E-state index in [1.165, 1.54) is 7.11 Å². The molecule has 1 aromatic carbocycles. The number of hydrogen-bond donors (Lipinski definition) is 0. The fraction of sp³-hybridized carbons (Fsp3) is 0.308. The Morgan fingerprint density at radius 3 is 2.71 bits per heavy atom. The first-order valence-electron chi connectivity index (χ1n) is 5.89. The Hall–Kier alpha value is -2.38. The predicted octanol–water partition coefficient (Wildman–Crippen LogP) is 2.73. The number of ether oxygens (including phenoxy) is 1. The molecule has 0 aliphatic carbocycles. The van der Waals surface area contributed by atoms with Crippen LogP contribution in [0.15, 0.2) is 22.7 Å². The summed E-state index contributed by atoms with van der Waals surface area (Å²) >= 11 is 0. The Morgan fingerprint density at radius 2 is 2.10 bits per heavy atom. The summed E-state index contributed by atoms with van der Waals surface area (Å²) in [6, 6.07) is 5.16. The summed E-state index contributed by atoms with van der Waals surface area (Å²) in [5, 5.41) is 3.57. The minimum Gasteiger partial charge on any atom is -0.496 e. The summed E-state index contributed by atoms with van der Waals surface area (Å²) in [5.41, 5.74) is 1.41. The van der Waals surface area contributed by atoms with Crippen LogP contribution in [0.5, 0.6) is 5.75 Å². The third-order valence-electron chi connectivity index (χ3n) is 2.69. The quantitative estimate of drug-likeness (QED) is 0.868. The van der Waals surface area contributed by atoms with E-state index in [0.29, 0.717) is 11.3 Å². The number of rotatable bonds is 4. The van der Waals surface area contributed by atoms with Crippen LogP contribution in [0.25, 0.3) is 11.4 Å². The number of aromatic nitrogens is 2. The van der Waals surface area contributed by atoms with Crippen LogP contribution in [0.3, 0.4) is 0 Å². The minimum atomic E-state index is -4.92. The van der Waals surface area contributed by atoms with Gasteiger partial charge in [0.25, 0.3) is 0 Å². The zero-order chi connectivity index (χ0) is 15.6. The molecule has 0 N–H and O–H groups in total. The number of Topliss-reactive ketones (excluding diaryl/α,β-unsaturated/α-hetero) is 1. The summed E-state index contributed by atoms with van der Waals surface area (Å²) in [7, 11) is 1.45. The Kier molecular flexibility index (Phi) is 3.97. The molecule has 21 heavy (non-hydrogen) atoms. The highest BCUT2D eigenvalue weighted by atomic mass is 19.4. The first-order chi connectivity index (χ1) is 9.81. The molecule has 5 nitrogen and oxygen atoms in total. The van der Waals surface area contributed by atoms with Crippen LogP contribution in [-0.2, 0) is 11.2 Å². The van der Waals surface area contributed by atoms with Gasteiger partial charge in [0, 0.05) is 0 Å². The maximum atomic E-state index is 12.2. The van der Waals surface area contributed by atoms with Crippen molar-refractivity contribution in [1.29, 1.82) is 0 Å². The molecule has 0 saturated heterocycles. The number of halogens is 3. The molecule has 0 fully saturated rings. The molecule has 0 unspecified atom stereocenters. The van der Waals surface area contributed by atoms with Gasteiger partial charge in [-0.15, -0.1) is 0 Å². The lowest BCUT2D eigenvalue weighted by Crippen LogP contribution is -2.24. The highest BCUT2D eigenvalue weighted by Crippen LogP contribution is 2.29. The van der Waals surface area contributed by atoms with E-state index >= 15 is 0 Å². The third-order valence-corrected chi connectivity index (χ3v) is 2.69. The molecule has 0 bridgehead atoms. The van der Waals surface area contributed by atoms with Crippen LogP contribution in [0.4, 0.5) is 13.2 Å². The average molecular weight is 300 g/mol. The van der Waals surface area contributed by atoms with Crippen molar-refractivity contribution in [2.24, 2.45) is 0 Å². The molecule has 112 valence electrons. The van der Waals surface area contributed by atoms with Crippen molar-refractivity contribution < 1.29 is 27.2 Å². The van der Waals surface area contributed by atoms with Gasteiger partial charge in [0.2, 0.25) is 17.5 Å². The van der Waals surface area contributed by atoms with Gasteiger partial charge >= 0.3 is 6.18 Å². The van der Waals surface area contributed by atoms with Crippen molar-refractivity contribution in [3.05, 3.63) is 29.7 Å². The molecule has 0 aliphatic heterocycles. The van der Waals surface area contributed by atoms with Gasteiger partial charge < -0.3 is 9.26 Å². The van der Waals surface area contributed by atoms with Gasteiger partial charge in [-0.2, -0.15) is 18.2 Å². The molecule has 2 rings (SSSR count). The number of benzene rings is 1. The van der Waals surface area contributed by atoms with Crippen LogP contribution < -0.4 is 4.74 Å². The van der Waals surface area contributed by atoms with E-state index in [2.05, 4.69) is 14.7 Å². The lowest BCUT2D eigenvalue weighted by Gasteiger charge is -2.05. The number of carbonyl (C=O) groups is 1. The van der Waals surface area contributed by atoms with Gasteiger partial charge in [-0.3, -0.25) is 4.79 Å². The van der Waals surface area contributed by atoms with Crippen molar-refractivity contribution in [2.45, 2.75) is 19.5 Å². The second-order valence-electron chi connectivity index (χ2n) is 4.31. The Morgan fingerprint density at radius 1 is 1.38 bits per heavy atom. The first kappa shape index (κ1) is 15.0. The van der Waals surface area contributed by atoms with Crippen LogP contribution in [-0.4, -0.2) is 29.2 Å². The fourth-order valence-corrected chi connectivity index (χ4v) is 1.66. The monoisotopic (exact) mass is 300 g/mol. The van der Waals surface area contributed by atoms with E-state index in [9.17, 15) is 18.0 Å². The molecule has 8 heteroatoms. The van der Waals surface area contributed by atoms with Gasteiger partial charge in [0.15, 0.2) is 0 Å². The van der Waals surface area contributed by atoms with Crippen molar-refractivity contribution in [3.8, 4) is 17.1 Å². The summed E-state index contributed by atoms with van der Waals surface area (Å²) in [6.07, 6.45) is -5.90. The van der Waals surface area contributed by atoms with E-state index in [4.69, 9.17) is 4.74 Å². The van der Waals surface area contributed by atoms with Crippen LogP contribution >= 0.6 is 0 Å². The second kappa shape index (κ2) is 5.55. The predicted molar refractivity (Wildman–Crippen MR) is 65.8 cm³/mol. The topological polar surface area (TPSA) is 65.2 Å². The minimum absolute atomic E-state index is 0.0665. The van der Waals surface area contributed by atoms with Gasteiger partial charge in [0.05, 0.1) is 19.1 Å². The molecule has 0 saturated carbocycles. The van der Waals surface area contributed by atoms with Gasteiger partial charge in [0.1, 0.15) is 5.75 Å². The van der Waals surface area contributed by atoms with Crippen LogP contribution in [0.1, 0.15) is 11.5 Å². The molecule has 2 aromatic rings. The number of aryl methyl sites for hydroxylation is 1. The first-order valence-corrected chi connectivity index (χ1v) is 5.89. The van der Waals surface area contributed by atoms with E-state index in [1.54, 1.807) is 18.2 Å². The fourth-order valence-electron chi connectivity index (χ4n) is 1.66. The van der Waals surface area contributed by atoms with Gasteiger partial charge in [-0.05, 0) is 24.6 Å². The molecule has 0 atom stereocenters. The maximum Gasteiger partial charge on any atom is 0.450 e. The molecule has 0 spiro atoms. The highest BCUT2D eigenvalue weighted by Gasteiger charge is 2.39. The summed E-state index contributed by atoms with van der Waals surface area (Å²) < 4.78 is 46.3. The molecule has 1 aromatic heterocycles. The average Bonchev–Trinajstić information content (AvgIpc) is 2.85. The summed E-state index contributed by atoms with van der Waals surface area (Å²) in [5.74, 6) is -1.80. The van der Waals surface area contributed by atoms with Crippen LogP contribution in [0.2, 0.25) is 0 Å². The normalized spacial score (nSPS) is 11.5. The number of hydrogen-bond acceptors (Lipinski definition) is 5. The zero-order valence-electron chi connectivity index (χ0n) is 11.2. The van der Waals surface area contributed by atoms with Gasteiger partial charge in [-0.1, -0.05) is 11.2 Å². The third kappa shape index (κ3) is 3.39. The Labute approximate surface area is 117 Å². The highest BCUT2D eigenvalue weighted by molar-refractivity contribution is 5.85. The number of alkyl halides is 3. The maximum absolute atomic E-state index is 12.2.